The van der Waals surface area contributed by atoms with E-state index in [2.05, 4.69) is 16.5 Å². The third-order valence-corrected chi connectivity index (χ3v) is 5.04. The van der Waals surface area contributed by atoms with Crippen LogP contribution in [0.2, 0.25) is 10.0 Å². The predicted octanol–water partition coefficient (Wildman–Crippen LogP) is 5.58. The molecule has 0 fully saturated rings. The topological polar surface area (TPSA) is 55.1 Å². The summed E-state index contributed by atoms with van der Waals surface area (Å²) < 4.78 is 5.24. The van der Waals surface area contributed by atoms with Gasteiger partial charge in [-0.1, -0.05) is 46.1 Å². The van der Waals surface area contributed by atoms with Gasteiger partial charge in [-0.3, -0.25) is 4.79 Å². The number of nitrogens with one attached hydrogen (secondary N) is 1. The number of carbonyl (C=O) groups excluding carboxylic acids is 1. The van der Waals surface area contributed by atoms with E-state index in [0.717, 1.165) is 19.3 Å². The van der Waals surface area contributed by atoms with Gasteiger partial charge in [0.2, 0.25) is 0 Å². The van der Waals surface area contributed by atoms with Crippen molar-refractivity contribution in [3.8, 4) is 11.3 Å². The molecule has 2 aromatic rings. The van der Waals surface area contributed by atoms with Gasteiger partial charge in [-0.05, 0) is 51.2 Å². The van der Waals surface area contributed by atoms with Crippen LogP contribution in [0, 0.1) is 6.92 Å². The van der Waals surface area contributed by atoms with Gasteiger partial charge in [-0.25, -0.2) is 0 Å². The van der Waals surface area contributed by atoms with Crippen molar-refractivity contribution in [1.82, 2.24) is 10.5 Å². The number of halogens is 2. The summed E-state index contributed by atoms with van der Waals surface area (Å²) in [5.74, 6) is 0.224. The molecule has 0 atom stereocenters. The molecule has 6 heteroatoms. The number of aromatic nitrogens is 1. The molecule has 0 radical (unpaired) electrons. The SMILES string of the molecule is Cc1onc(-c2c(Cl)cccc2Cl)c1C(=O)NCCC1=CCCCC1. The van der Waals surface area contributed by atoms with Gasteiger partial charge in [-0.2, -0.15) is 0 Å². The van der Waals surface area contributed by atoms with Crippen LogP contribution in [0.25, 0.3) is 11.3 Å². The fourth-order valence-electron chi connectivity index (χ4n) is 3.09. The molecule has 0 bridgehead atoms. The summed E-state index contributed by atoms with van der Waals surface area (Å²) in [7, 11) is 0. The minimum Gasteiger partial charge on any atom is -0.360 e. The van der Waals surface area contributed by atoms with E-state index in [1.54, 1.807) is 25.1 Å². The van der Waals surface area contributed by atoms with Crippen LogP contribution in [0.1, 0.15) is 48.2 Å². The van der Waals surface area contributed by atoms with E-state index in [4.69, 9.17) is 27.7 Å². The summed E-state index contributed by atoms with van der Waals surface area (Å²) in [6.45, 7) is 2.30. The largest absolute Gasteiger partial charge is 0.360 e. The lowest BCUT2D eigenvalue weighted by atomic mass is 9.97. The molecule has 0 saturated heterocycles. The first kappa shape index (κ1) is 18.0. The molecule has 0 unspecified atom stereocenters. The number of hydrogen-bond acceptors (Lipinski definition) is 3. The van der Waals surface area contributed by atoms with E-state index in [0.29, 0.717) is 39.2 Å². The molecule has 0 saturated carbocycles. The molecule has 1 aliphatic carbocycles. The van der Waals surface area contributed by atoms with E-state index in [1.807, 2.05) is 0 Å². The van der Waals surface area contributed by atoms with Crippen molar-refractivity contribution >= 4 is 29.1 Å². The summed E-state index contributed by atoms with van der Waals surface area (Å²) in [5, 5.41) is 7.83. The second kappa shape index (κ2) is 8.07. The zero-order valence-electron chi connectivity index (χ0n) is 14.1. The number of aryl methyl sites for hydroxylation is 1. The molecule has 0 aliphatic heterocycles. The minimum absolute atomic E-state index is 0.221. The Morgan fingerprint density at radius 3 is 2.72 bits per heavy atom. The van der Waals surface area contributed by atoms with Gasteiger partial charge >= 0.3 is 0 Å². The maximum Gasteiger partial charge on any atom is 0.257 e. The van der Waals surface area contributed by atoms with Crippen molar-refractivity contribution in [2.75, 3.05) is 6.54 Å². The average Bonchev–Trinajstić information content (AvgIpc) is 2.97. The molecule has 25 heavy (non-hydrogen) atoms. The first-order chi connectivity index (χ1) is 12.1. The first-order valence-corrected chi connectivity index (χ1v) is 9.20. The lowest BCUT2D eigenvalue weighted by Gasteiger charge is -2.13. The third-order valence-electron chi connectivity index (χ3n) is 4.41. The van der Waals surface area contributed by atoms with Crippen molar-refractivity contribution in [3.05, 3.63) is 51.2 Å². The number of amides is 1. The quantitative estimate of drug-likeness (QED) is 0.691. The van der Waals surface area contributed by atoms with E-state index in [1.165, 1.54) is 18.4 Å². The second-order valence-corrected chi connectivity index (χ2v) is 6.99. The van der Waals surface area contributed by atoms with Gasteiger partial charge in [0, 0.05) is 12.1 Å². The molecule has 3 rings (SSSR count). The Balaban J connectivity index is 1.77. The number of hydrogen-bond donors (Lipinski definition) is 1. The van der Waals surface area contributed by atoms with Crippen LogP contribution in [0.5, 0.6) is 0 Å². The van der Waals surface area contributed by atoms with Gasteiger partial charge in [0.05, 0.1) is 10.0 Å². The Morgan fingerprint density at radius 1 is 1.28 bits per heavy atom. The van der Waals surface area contributed by atoms with E-state index in [9.17, 15) is 4.79 Å². The molecule has 1 amide bonds. The Kier molecular flexibility index (Phi) is 5.82. The highest BCUT2D eigenvalue weighted by Gasteiger charge is 2.24. The van der Waals surface area contributed by atoms with Crippen molar-refractivity contribution in [2.45, 2.75) is 39.0 Å². The lowest BCUT2D eigenvalue weighted by Crippen LogP contribution is -2.25. The summed E-state index contributed by atoms with van der Waals surface area (Å²) in [6, 6.07) is 5.17. The van der Waals surface area contributed by atoms with Crippen molar-refractivity contribution < 1.29 is 9.32 Å². The first-order valence-electron chi connectivity index (χ1n) is 8.44. The normalized spacial score (nSPS) is 14.3. The standard InChI is InChI=1S/C19H20Cl2N2O2/c1-12-16(19(24)22-11-10-13-6-3-2-4-7-13)18(23-25-12)17-14(20)8-5-9-15(17)21/h5-6,8-9H,2-4,7,10-11H2,1H3,(H,22,24). The number of rotatable bonds is 5. The predicted molar refractivity (Wildman–Crippen MR) is 100 cm³/mol. The van der Waals surface area contributed by atoms with Crippen LogP contribution in [0.3, 0.4) is 0 Å². The highest BCUT2D eigenvalue weighted by molar-refractivity contribution is 6.39. The van der Waals surface area contributed by atoms with E-state index < -0.39 is 0 Å². The van der Waals surface area contributed by atoms with Crippen LogP contribution < -0.4 is 5.32 Å². The lowest BCUT2D eigenvalue weighted by molar-refractivity contribution is 0.0953. The maximum absolute atomic E-state index is 12.7. The molecular weight excluding hydrogens is 359 g/mol. The zero-order valence-corrected chi connectivity index (χ0v) is 15.6. The van der Waals surface area contributed by atoms with Crippen LogP contribution in [-0.2, 0) is 0 Å². The highest BCUT2D eigenvalue weighted by atomic mass is 35.5. The summed E-state index contributed by atoms with van der Waals surface area (Å²) in [4.78, 5) is 12.7. The molecule has 1 N–H and O–H groups in total. The Hall–Kier alpha value is -1.78. The van der Waals surface area contributed by atoms with Gasteiger partial charge in [0.15, 0.2) is 0 Å². The monoisotopic (exact) mass is 378 g/mol. The second-order valence-electron chi connectivity index (χ2n) is 6.17. The van der Waals surface area contributed by atoms with Gasteiger partial charge in [0.1, 0.15) is 17.0 Å². The number of allylic oxidation sites excluding steroid dienone is 1. The zero-order chi connectivity index (χ0) is 17.8. The number of carbonyl (C=O) groups is 1. The highest BCUT2D eigenvalue weighted by Crippen LogP contribution is 2.36. The Labute approximate surface area is 157 Å². The van der Waals surface area contributed by atoms with E-state index >= 15 is 0 Å². The van der Waals surface area contributed by atoms with Gasteiger partial charge in [0.25, 0.3) is 5.91 Å². The summed E-state index contributed by atoms with van der Waals surface area (Å²) in [6.07, 6.45) is 7.93. The van der Waals surface area contributed by atoms with Crippen LogP contribution >= 0.6 is 23.2 Å². The number of nitrogens with zero attached hydrogens (tertiary/aromatic N) is 1. The Bertz CT molecular complexity index is 792. The van der Waals surface area contributed by atoms with Crippen LogP contribution in [-0.4, -0.2) is 17.6 Å². The van der Waals surface area contributed by atoms with Gasteiger partial charge in [-0.15, -0.1) is 0 Å². The third kappa shape index (κ3) is 4.07. The van der Waals surface area contributed by atoms with Crippen molar-refractivity contribution in [3.63, 3.8) is 0 Å². The smallest absolute Gasteiger partial charge is 0.257 e. The molecule has 1 heterocycles. The van der Waals surface area contributed by atoms with E-state index in [-0.39, 0.29) is 5.91 Å². The molecule has 1 aromatic heterocycles. The molecule has 0 spiro atoms. The maximum atomic E-state index is 12.7. The molecule has 132 valence electrons. The van der Waals surface area contributed by atoms with Crippen molar-refractivity contribution in [1.29, 1.82) is 0 Å². The molecule has 1 aromatic carbocycles. The van der Waals surface area contributed by atoms with Crippen LogP contribution in [0.4, 0.5) is 0 Å². The van der Waals surface area contributed by atoms with Crippen LogP contribution in [0.15, 0.2) is 34.4 Å². The summed E-state index contributed by atoms with van der Waals surface area (Å²) >= 11 is 12.5. The van der Waals surface area contributed by atoms with Crippen molar-refractivity contribution in [2.24, 2.45) is 0 Å². The summed E-state index contributed by atoms with van der Waals surface area (Å²) in [5.41, 5.74) is 2.70. The molecule has 1 aliphatic rings. The van der Waals surface area contributed by atoms with Gasteiger partial charge < -0.3 is 9.84 Å². The average molecular weight is 379 g/mol. The minimum atomic E-state index is -0.221. The molecular formula is C19H20Cl2N2O2. The number of benzene rings is 1. The fraction of sp³-hybridized carbons (Fsp3) is 0.368. The fourth-order valence-corrected chi connectivity index (χ4v) is 3.67. The molecule has 4 nitrogen and oxygen atoms in total. The Morgan fingerprint density at radius 2 is 2.04 bits per heavy atom.